The normalized spacial score (nSPS) is 18.1. The van der Waals surface area contributed by atoms with Crippen molar-refractivity contribution in [3.63, 3.8) is 0 Å². The molecule has 0 aliphatic carbocycles. The number of H-pyrrole nitrogens is 1. The molecule has 7 nitrogen and oxygen atoms in total. The van der Waals surface area contributed by atoms with Crippen molar-refractivity contribution < 1.29 is 4.79 Å². The van der Waals surface area contributed by atoms with Crippen LogP contribution in [0, 0.1) is 13.8 Å². The number of benzene rings is 1. The number of rotatable bonds is 4. The van der Waals surface area contributed by atoms with Crippen molar-refractivity contribution in [2.45, 2.75) is 32.6 Å². The van der Waals surface area contributed by atoms with Crippen molar-refractivity contribution >= 4 is 22.6 Å². The molecule has 1 fully saturated rings. The van der Waals surface area contributed by atoms with Gasteiger partial charge in [-0.2, -0.15) is 5.10 Å². The number of amides is 1. The standard InChI is InChI=1S/C20H26N6O/c1-13-6-4-8-16-19(13)23-20(22-16)15-7-5-9-26(10-15)12-18(27)21-17-11-25(3)24-14(17)2/h4,6,8,11,15H,5,7,9-10,12H2,1-3H3,(H,21,27)(H,22,23)/t15-/m1/s1. The summed E-state index contributed by atoms with van der Waals surface area (Å²) < 4.78 is 1.71. The first-order valence-corrected chi connectivity index (χ1v) is 9.47. The number of imidazole rings is 1. The molecule has 1 aromatic carbocycles. The summed E-state index contributed by atoms with van der Waals surface area (Å²) in [6.45, 7) is 6.17. The third-order valence-corrected chi connectivity index (χ3v) is 5.28. The summed E-state index contributed by atoms with van der Waals surface area (Å²) in [6, 6.07) is 6.21. The van der Waals surface area contributed by atoms with Gasteiger partial charge in [0.2, 0.25) is 5.91 Å². The van der Waals surface area contributed by atoms with E-state index >= 15 is 0 Å². The third kappa shape index (κ3) is 3.73. The molecule has 2 aromatic heterocycles. The zero-order valence-corrected chi connectivity index (χ0v) is 16.1. The lowest BCUT2D eigenvalue weighted by atomic mass is 9.97. The molecule has 1 saturated heterocycles. The van der Waals surface area contributed by atoms with E-state index in [1.807, 2.05) is 20.2 Å². The molecular weight excluding hydrogens is 340 g/mol. The van der Waals surface area contributed by atoms with Crippen LogP contribution in [0.15, 0.2) is 24.4 Å². The van der Waals surface area contributed by atoms with Gasteiger partial charge in [0.1, 0.15) is 5.82 Å². The minimum atomic E-state index is 0.00667. The van der Waals surface area contributed by atoms with E-state index in [2.05, 4.69) is 45.4 Å². The van der Waals surface area contributed by atoms with E-state index in [9.17, 15) is 4.79 Å². The number of fused-ring (bicyclic) bond motifs is 1. The fraction of sp³-hybridized carbons (Fsp3) is 0.450. The number of anilines is 1. The molecule has 4 rings (SSSR count). The third-order valence-electron chi connectivity index (χ3n) is 5.28. The summed E-state index contributed by atoms with van der Waals surface area (Å²) in [4.78, 5) is 23.0. The van der Waals surface area contributed by atoms with Crippen LogP contribution >= 0.6 is 0 Å². The first kappa shape index (κ1) is 17.7. The van der Waals surface area contributed by atoms with Crippen LogP contribution in [0.4, 0.5) is 5.69 Å². The van der Waals surface area contributed by atoms with Gasteiger partial charge in [0.25, 0.3) is 0 Å². The molecule has 0 radical (unpaired) electrons. The van der Waals surface area contributed by atoms with E-state index < -0.39 is 0 Å². The van der Waals surface area contributed by atoms with Gasteiger partial charge in [-0.25, -0.2) is 4.98 Å². The van der Waals surface area contributed by atoms with Gasteiger partial charge in [0, 0.05) is 25.7 Å². The maximum atomic E-state index is 12.5. The van der Waals surface area contributed by atoms with Crippen LogP contribution in [0.25, 0.3) is 11.0 Å². The molecule has 0 spiro atoms. The van der Waals surface area contributed by atoms with Crippen molar-refractivity contribution in [2.75, 3.05) is 25.0 Å². The number of para-hydroxylation sites is 1. The number of aryl methyl sites for hydroxylation is 3. The van der Waals surface area contributed by atoms with Gasteiger partial charge in [0.05, 0.1) is 29.0 Å². The molecule has 1 atom stereocenters. The Morgan fingerprint density at radius 3 is 2.96 bits per heavy atom. The minimum absolute atomic E-state index is 0.00667. The van der Waals surface area contributed by atoms with Crippen molar-refractivity contribution in [2.24, 2.45) is 7.05 Å². The van der Waals surface area contributed by atoms with Crippen LogP contribution in [0.2, 0.25) is 0 Å². The predicted molar refractivity (Wildman–Crippen MR) is 106 cm³/mol. The van der Waals surface area contributed by atoms with Gasteiger partial charge < -0.3 is 10.3 Å². The van der Waals surface area contributed by atoms with E-state index in [-0.39, 0.29) is 5.91 Å². The second kappa shape index (κ2) is 7.15. The molecular formula is C20H26N6O. The topological polar surface area (TPSA) is 78.8 Å². The largest absolute Gasteiger partial charge is 0.342 e. The molecule has 0 bridgehead atoms. The molecule has 3 heterocycles. The summed E-state index contributed by atoms with van der Waals surface area (Å²) in [5.74, 6) is 1.37. The van der Waals surface area contributed by atoms with E-state index in [1.165, 1.54) is 5.56 Å². The molecule has 1 aliphatic rings. The molecule has 1 amide bonds. The molecule has 2 N–H and O–H groups in total. The average molecular weight is 366 g/mol. The Hall–Kier alpha value is -2.67. The fourth-order valence-corrected chi connectivity index (χ4v) is 3.93. The smallest absolute Gasteiger partial charge is 0.238 e. The highest BCUT2D eigenvalue weighted by molar-refractivity contribution is 5.92. The Labute approximate surface area is 158 Å². The maximum Gasteiger partial charge on any atom is 0.238 e. The number of aromatic nitrogens is 4. The molecule has 142 valence electrons. The summed E-state index contributed by atoms with van der Waals surface area (Å²) in [6.07, 6.45) is 4.00. The first-order valence-electron chi connectivity index (χ1n) is 9.47. The quantitative estimate of drug-likeness (QED) is 0.744. The lowest BCUT2D eigenvalue weighted by Crippen LogP contribution is -2.40. The Kier molecular flexibility index (Phi) is 4.70. The monoisotopic (exact) mass is 366 g/mol. The van der Waals surface area contributed by atoms with Crippen LogP contribution < -0.4 is 5.32 Å². The van der Waals surface area contributed by atoms with E-state index in [0.29, 0.717) is 12.5 Å². The van der Waals surface area contributed by atoms with E-state index in [4.69, 9.17) is 4.98 Å². The van der Waals surface area contributed by atoms with Crippen LogP contribution in [-0.4, -0.2) is 50.2 Å². The van der Waals surface area contributed by atoms with Gasteiger partial charge >= 0.3 is 0 Å². The number of likely N-dealkylation sites (tertiary alicyclic amines) is 1. The van der Waals surface area contributed by atoms with Gasteiger partial charge in [0.15, 0.2) is 0 Å². The number of aromatic amines is 1. The molecule has 3 aromatic rings. The first-order chi connectivity index (χ1) is 13.0. The van der Waals surface area contributed by atoms with Crippen LogP contribution in [0.1, 0.15) is 35.8 Å². The molecule has 0 saturated carbocycles. The number of hydrogen-bond donors (Lipinski definition) is 2. The summed E-state index contributed by atoms with van der Waals surface area (Å²) in [5, 5.41) is 7.24. The zero-order valence-electron chi connectivity index (χ0n) is 16.1. The lowest BCUT2D eigenvalue weighted by molar-refractivity contribution is -0.117. The van der Waals surface area contributed by atoms with Gasteiger partial charge in [-0.05, 0) is 44.9 Å². The zero-order chi connectivity index (χ0) is 19.0. The van der Waals surface area contributed by atoms with Crippen molar-refractivity contribution in [3.05, 3.63) is 41.5 Å². The van der Waals surface area contributed by atoms with Crippen molar-refractivity contribution in [1.82, 2.24) is 24.6 Å². The highest BCUT2D eigenvalue weighted by atomic mass is 16.2. The van der Waals surface area contributed by atoms with Crippen LogP contribution in [0.3, 0.4) is 0 Å². The van der Waals surface area contributed by atoms with Crippen molar-refractivity contribution in [1.29, 1.82) is 0 Å². The number of piperidine rings is 1. The van der Waals surface area contributed by atoms with E-state index in [1.54, 1.807) is 4.68 Å². The predicted octanol–water partition coefficient (Wildman–Crippen LogP) is 2.73. The van der Waals surface area contributed by atoms with Crippen LogP contribution in [-0.2, 0) is 11.8 Å². The SMILES string of the molecule is Cc1nn(C)cc1NC(=O)CN1CCC[C@@H](c2nc3c(C)cccc3[nH]2)C1. The number of nitrogens with one attached hydrogen (secondary N) is 2. The summed E-state index contributed by atoms with van der Waals surface area (Å²) in [7, 11) is 1.85. The average Bonchev–Trinajstić information content (AvgIpc) is 3.19. The minimum Gasteiger partial charge on any atom is -0.342 e. The fourth-order valence-electron chi connectivity index (χ4n) is 3.93. The number of carbonyl (C=O) groups excluding carboxylic acids is 1. The Balaban J connectivity index is 1.42. The Morgan fingerprint density at radius 2 is 2.22 bits per heavy atom. The second-order valence-corrected chi connectivity index (χ2v) is 7.52. The highest BCUT2D eigenvalue weighted by Gasteiger charge is 2.25. The number of nitrogens with zero attached hydrogens (tertiary/aromatic N) is 4. The number of hydrogen-bond acceptors (Lipinski definition) is 4. The van der Waals surface area contributed by atoms with E-state index in [0.717, 1.165) is 54.2 Å². The van der Waals surface area contributed by atoms with Crippen LogP contribution in [0.5, 0.6) is 0 Å². The summed E-state index contributed by atoms with van der Waals surface area (Å²) in [5.41, 5.74) is 4.94. The van der Waals surface area contributed by atoms with Gasteiger partial charge in [-0.15, -0.1) is 0 Å². The van der Waals surface area contributed by atoms with Crippen molar-refractivity contribution in [3.8, 4) is 0 Å². The Morgan fingerprint density at radius 1 is 1.37 bits per heavy atom. The molecule has 27 heavy (non-hydrogen) atoms. The molecule has 1 aliphatic heterocycles. The summed E-state index contributed by atoms with van der Waals surface area (Å²) >= 11 is 0. The number of carbonyl (C=O) groups is 1. The maximum absolute atomic E-state index is 12.5. The Bertz CT molecular complexity index is 972. The molecule has 7 heteroatoms. The van der Waals surface area contributed by atoms with Gasteiger partial charge in [-0.1, -0.05) is 12.1 Å². The van der Waals surface area contributed by atoms with Gasteiger partial charge in [-0.3, -0.25) is 14.4 Å². The lowest BCUT2D eigenvalue weighted by Gasteiger charge is -2.31. The molecule has 0 unspecified atom stereocenters. The highest BCUT2D eigenvalue weighted by Crippen LogP contribution is 2.27. The second-order valence-electron chi connectivity index (χ2n) is 7.52.